The van der Waals surface area contributed by atoms with Gasteiger partial charge in [0.25, 0.3) is 0 Å². The van der Waals surface area contributed by atoms with Crippen LogP contribution in [0.15, 0.2) is 66.4 Å². The molecule has 0 aliphatic heterocycles. The number of aromatic nitrogens is 3. The first-order valence-corrected chi connectivity index (χ1v) is 8.36. The molecule has 24 heavy (non-hydrogen) atoms. The summed E-state index contributed by atoms with van der Waals surface area (Å²) in [6.07, 6.45) is 3.38. The van der Waals surface area contributed by atoms with Gasteiger partial charge in [-0.2, -0.15) is 0 Å². The first-order chi connectivity index (χ1) is 11.9. The van der Waals surface area contributed by atoms with Crippen molar-refractivity contribution in [1.82, 2.24) is 15.0 Å². The zero-order valence-corrected chi connectivity index (χ0v) is 13.5. The third kappa shape index (κ3) is 3.18. The second-order valence-corrected chi connectivity index (χ2v) is 6.05. The highest BCUT2D eigenvalue weighted by Gasteiger charge is 2.05. The van der Waals surface area contributed by atoms with Crippen molar-refractivity contribution in [3.05, 3.63) is 72.0 Å². The molecule has 0 fully saturated rings. The number of hydrogen-bond donors (Lipinski definition) is 1. The lowest BCUT2D eigenvalue weighted by Gasteiger charge is -2.07. The summed E-state index contributed by atoms with van der Waals surface area (Å²) in [5.41, 5.74) is 2.01. The van der Waals surface area contributed by atoms with Gasteiger partial charge in [-0.1, -0.05) is 24.3 Å². The minimum Gasteiger partial charge on any atom is -0.439 e. The van der Waals surface area contributed by atoms with Gasteiger partial charge in [0.15, 0.2) is 0 Å². The Kier molecular flexibility index (Phi) is 4.04. The van der Waals surface area contributed by atoms with Gasteiger partial charge in [0, 0.05) is 18.8 Å². The highest BCUT2D eigenvalue weighted by molar-refractivity contribution is 7.17. The molecule has 0 aliphatic carbocycles. The van der Waals surface area contributed by atoms with Crippen molar-refractivity contribution < 1.29 is 4.74 Å². The van der Waals surface area contributed by atoms with E-state index in [9.17, 15) is 0 Å². The zero-order valence-electron chi connectivity index (χ0n) is 12.7. The van der Waals surface area contributed by atoms with E-state index < -0.39 is 0 Å². The molecule has 0 aliphatic rings. The van der Waals surface area contributed by atoms with Gasteiger partial charge >= 0.3 is 0 Å². The predicted octanol–water partition coefficient (Wildman–Crippen LogP) is 4.49. The number of thiophene rings is 1. The van der Waals surface area contributed by atoms with Gasteiger partial charge < -0.3 is 10.1 Å². The summed E-state index contributed by atoms with van der Waals surface area (Å²) in [5, 5.41) is 5.35. The van der Waals surface area contributed by atoms with Crippen molar-refractivity contribution in [2.75, 3.05) is 5.32 Å². The lowest BCUT2D eigenvalue weighted by molar-refractivity contribution is 0.462. The second kappa shape index (κ2) is 6.64. The summed E-state index contributed by atoms with van der Waals surface area (Å²) in [4.78, 5) is 12.9. The van der Waals surface area contributed by atoms with Crippen molar-refractivity contribution in [3.63, 3.8) is 0 Å². The maximum Gasteiger partial charge on any atom is 0.219 e. The number of nitrogens with zero attached hydrogens (tertiary/aromatic N) is 3. The van der Waals surface area contributed by atoms with Gasteiger partial charge in [0.2, 0.25) is 5.88 Å². The van der Waals surface area contributed by atoms with Gasteiger partial charge in [-0.3, -0.25) is 0 Å². The standard InChI is InChI=1S/C18H14N4OS/c1-2-4-14(5-3-1)23-16-7-6-13(10-19-16)11-20-18-17-15(8-9-24-17)21-12-22-18/h1-10,12H,11H2,(H,20,21,22). The van der Waals surface area contributed by atoms with Crippen LogP contribution in [-0.4, -0.2) is 15.0 Å². The van der Waals surface area contributed by atoms with Crippen molar-refractivity contribution in [2.24, 2.45) is 0 Å². The van der Waals surface area contributed by atoms with Crippen molar-refractivity contribution in [2.45, 2.75) is 6.54 Å². The lowest BCUT2D eigenvalue weighted by Crippen LogP contribution is -2.02. The molecule has 118 valence electrons. The molecule has 0 saturated heterocycles. The quantitative estimate of drug-likeness (QED) is 0.583. The Morgan fingerprint density at radius 2 is 1.88 bits per heavy atom. The predicted molar refractivity (Wildman–Crippen MR) is 95.5 cm³/mol. The van der Waals surface area contributed by atoms with Crippen LogP contribution in [-0.2, 0) is 6.54 Å². The lowest BCUT2D eigenvalue weighted by atomic mass is 10.3. The number of para-hydroxylation sites is 1. The molecule has 6 heteroatoms. The molecule has 3 aromatic heterocycles. The average molecular weight is 334 g/mol. The smallest absolute Gasteiger partial charge is 0.219 e. The Hall–Kier alpha value is -2.99. The molecule has 0 saturated carbocycles. The highest BCUT2D eigenvalue weighted by atomic mass is 32.1. The molecule has 0 spiro atoms. The number of nitrogens with one attached hydrogen (secondary N) is 1. The Morgan fingerprint density at radius 1 is 0.958 bits per heavy atom. The molecular weight excluding hydrogens is 320 g/mol. The number of fused-ring (bicyclic) bond motifs is 1. The van der Waals surface area contributed by atoms with E-state index in [0.717, 1.165) is 27.3 Å². The number of anilines is 1. The summed E-state index contributed by atoms with van der Waals surface area (Å²) < 4.78 is 6.76. The summed E-state index contributed by atoms with van der Waals surface area (Å²) in [6.45, 7) is 0.641. The fourth-order valence-corrected chi connectivity index (χ4v) is 3.10. The summed E-state index contributed by atoms with van der Waals surface area (Å²) in [6, 6.07) is 15.5. The Bertz CT molecular complexity index is 938. The fraction of sp³-hybridized carbons (Fsp3) is 0.0556. The summed E-state index contributed by atoms with van der Waals surface area (Å²) in [5.74, 6) is 2.20. The van der Waals surface area contributed by atoms with Gasteiger partial charge in [-0.25, -0.2) is 15.0 Å². The van der Waals surface area contributed by atoms with E-state index in [-0.39, 0.29) is 0 Å². The van der Waals surface area contributed by atoms with Gasteiger partial charge in [0.1, 0.15) is 17.9 Å². The van der Waals surface area contributed by atoms with Crippen LogP contribution in [0.5, 0.6) is 11.6 Å². The molecule has 4 aromatic rings. The van der Waals surface area contributed by atoms with Crippen LogP contribution >= 0.6 is 11.3 Å². The molecule has 0 amide bonds. The molecule has 0 radical (unpaired) electrons. The van der Waals surface area contributed by atoms with Crippen LogP contribution in [0.3, 0.4) is 0 Å². The maximum atomic E-state index is 5.69. The van der Waals surface area contributed by atoms with Crippen LogP contribution in [0.2, 0.25) is 0 Å². The molecule has 1 N–H and O–H groups in total. The van der Waals surface area contributed by atoms with Crippen LogP contribution in [0, 0.1) is 0 Å². The topological polar surface area (TPSA) is 59.9 Å². The van der Waals surface area contributed by atoms with Crippen molar-refractivity contribution >= 4 is 27.4 Å². The zero-order chi connectivity index (χ0) is 16.2. The molecule has 5 nitrogen and oxygen atoms in total. The van der Waals surface area contributed by atoms with E-state index in [2.05, 4.69) is 20.3 Å². The van der Waals surface area contributed by atoms with Crippen LogP contribution in [0.1, 0.15) is 5.56 Å². The average Bonchev–Trinajstić information content (AvgIpc) is 3.11. The fourth-order valence-electron chi connectivity index (χ4n) is 2.29. The number of ether oxygens (including phenoxy) is 1. The Morgan fingerprint density at radius 3 is 2.71 bits per heavy atom. The SMILES string of the molecule is c1ccc(Oc2ccc(CNc3ncnc4ccsc34)cn2)cc1. The maximum absolute atomic E-state index is 5.69. The first kappa shape index (κ1) is 14.6. The number of pyridine rings is 1. The minimum absolute atomic E-state index is 0.577. The number of hydrogen-bond acceptors (Lipinski definition) is 6. The minimum atomic E-state index is 0.577. The van der Waals surface area contributed by atoms with Crippen LogP contribution in [0.25, 0.3) is 10.2 Å². The van der Waals surface area contributed by atoms with E-state index in [1.54, 1.807) is 23.9 Å². The molecule has 0 atom stereocenters. The molecule has 0 unspecified atom stereocenters. The molecule has 0 bridgehead atoms. The normalized spacial score (nSPS) is 10.7. The molecular formula is C18H14N4OS. The molecule has 1 aromatic carbocycles. The van der Waals surface area contributed by atoms with Crippen molar-refractivity contribution in [3.8, 4) is 11.6 Å². The second-order valence-electron chi connectivity index (χ2n) is 5.13. The molecule has 4 rings (SSSR count). The number of rotatable bonds is 5. The first-order valence-electron chi connectivity index (χ1n) is 7.48. The Balaban J connectivity index is 1.43. The highest BCUT2D eigenvalue weighted by Crippen LogP contribution is 2.25. The number of benzene rings is 1. The van der Waals surface area contributed by atoms with E-state index in [1.807, 2.05) is 53.9 Å². The summed E-state index contributed by atoms with van der Waals surface area (Å²) >= 11 is 1.63. The Labute approximate surface area is 143 Å². The monoisotopic (exact) mass is 334 g/mol. The largest absolute Gasteiger partial charge is 0.439 e. The molecule has 3 heterocycles. The summed E-state index contributed by atoms with van der Waals surface area (Å²) in [7, 11) is 0. The van der Waals surface area contributed by atoms with Crippen LogP contribution in [0.4, 0.5) is 5.82 Å². The van der Waals surface area contributed by atoms with Crippen molar-refractivity contribution in [1.29, 1.82) is 0 Å². The van der Waals surface area contributed by atoms with Gasteiger partial charge in [-0.05, 0) is 29.1 Å². The van der Waals surface area contributed by atoms with E-state index in [1.165, 1.54) is 0 Å². The third-order valence-electron chi connectivity index (χ3n) is 3.47. The van der Waals surface area contributed by atoms with E-state index >= 15 is 0 Å². The third-order valence-corrected chi connectivity index (χ3v) is 4.38. The van der Waals surface area contributed by atoms with E-state index in [4.69, 9.17) is 4.74 Å². The van der Waals surface area contributed by atoms with E-state index in [0.29, 0.717) is 12.4 Å². The van der Waals surface area contributed by atoms with Crippen LogP contribution < -0.4 is 10.1 Å². The van der Waals surface area contributed by atoms with Gasteiger partial charge in [-0.15, -0.1) is 11.3 Å². The van der Waals surface area contributed by atoms with Gasteiger partial charge in [0.05, 0.1) is 10.2 Å².